The van der Waals surface area contributed by atoms with Crippen LogP contribution in [0.3, 0.4) is 0 Å². The lowest BCUT2D eigenvalue weighted by molar-refractivity contribution is 0.645. The van der Waals surface area contributed by atoms with Crippen molar-refractivity contribution < 1.29 is 0 Å². The number of alkyl halides is 1. The van der Waals surface area contributed by atoms with Gasteiger partial charge in [0.2, 0.25) is 0 Å². The van der Waals surface area contributed by atoms with E-state index in [9.17, 15) is 0 Å². The molecule has 0 aliphatic rings. The normalized spacial score (nSPS) is 12.6. The molecule has 2 heteroatoms. The second kappa shape index (κ2) is 5.41. The van der Waals surface area contributed by atoms with Gasteiger partial charge < -0.3 is 4.90 Å². The lowest BCUT2D eigenvalue weighted by Crippen LogP contribution is -2.24. The number of benzene rings is 1. The van der Waals surface area contributed by atoms with Crippen molar-refractivity contribution in [3.05, 3.63) is 29.3 Å². The number of halogens is 1. The third kappa shape index (κ3) is 3.75. The molecule has 0 N–H and O–H groups in total. The SMILES string of the molecule is Cc1cc(C)cc(N(C)CC(C)CCl)c1. The monoisotopic (exact) mass is 225 g/mol. The van der Waals surface area contributed by atoms with E-state index in [0.717, 1.165) is 12.4 Å². The summed E-state index contributed by atoms with van der Waals surface area (Å²) in [5.74, 6) is 1.24. The third-order valence-electron chi connectivity index (χ3n) is 2.50. The second-order valence-corrected chi connectivity index (χ2v) is 4.79. The maximum atomic E-state index is 5.82. The van der Waals surface area contributed by atoms with Crippen LogP contribution in [-0.2, 0) is 0 Å². The number of hydrogen-bond acceptors (Lipinski definition) is 1. The first-order valence-corrected chi connectivity index (χ1v) is 5.91. The Morgan fingerprint density at radius 1 is 1.20 bits per heavy atom. The fourth-order valence-electron chi connectivity index (χ4n) is 1.79. The van der Waals surface area contributed by atoms with Gasteiger partial charge in [0.05, 0.1) is 0 Å². The molecule has 1 aromatic rings. The van der Waals surface area contributed by atoms with Crippen LogP contribution in [0.2, 0.25) is 0 Å². The smallest absolute Gasteiger partial charge is 0.0369 e. The number of aryl methyl sites for hydroxylation is 2. The zero-order valence-electron chi connectivity index (χ0n) is 10.0. The van der Waals surface area contributed by atoms with Gasteiger partial charge in [-0.05, 0) is 43.0 Å². The van der Waals surface area contributed by atoms with Crippen molar-refractivity contribution in [1.29, 1.82) is 0 Å². The highest BCUT2D eigenvalue weighted by molar-refractivity contribution is 6.18. The van der Waals surface area contributed by atoms with E-state index >= 15 is 0 Å². The molecule has 0 fully saturated rings. The van der Waals surface area contributed by atoms with Crippen molar-refractivity contribution in [2.75, 3.05) is 24.4 Å². The summed E-state index contributed by atoms with van der Waals surface area (Å²) in [4.78, 5) is 2.27. The molecule has 1 aromatic carbocycles. The molecule has 0 aromatic heterocycles. The minimum absolute atomic E-state index is 0.525. The van der Waals surface area contributed by atoms with E-state index < -0.39 is 0 Å². The second-order valence-electron chi connectivity index (χ2n) is 4.49. The minimum atomic E-state index is 0.525. The molecule has 0 heterocycles. The first kappa shape index (κ1) is 12.4. The standard InChI is InChI=1S/C13H20ClN/c1-10-5-11(2)7-13(6-10)15(4)9-12(3)8-14/h5-7,12H,8-9H2,1-4H3. The van der Waals surface area contributed by atoms with Crippen LogP contribution in [0, 0.1) is 19.8 Å². The van der Waals surface area contributed by atoms with Gasteiger partial charge in [-0.2, -0.15) is 0 Å². The Kier molecular flexibility index (Phi) is 4.46. The summed E-state index contributed by atoms with van der Waals surface area (Å²) in [7, 11) is 2.12. The Morgan fingerprint density at radius 2 is 1.73 bits per heavy atom. The van der Waals surface area contributed by atoms with Gasteiger partial charge >= 0.3 is 0 Å². The van der Waals surface area contributed by atoms with Crippen LogP contribution in [0.15, 0.2) is 18.2 Å². The molecule has 0 saturated heterocycles. The van der Waals surface area contributed by atoms with E-state index in [0.29, 0.717) is 5.92 Å². The summed E-state index contributed by atoms with van der Waals surface area (Å²) < 4.78 is 0. The molecule has 1 unspecified atom stereocenters. The summed E-state index contributed by atoms with van der Waals surface area (Å²) in [6.07, 6.45) is 0. The van der Waals surface area contributed by atoms with E-state index in [-0.39, 0.29) is 0 Å². The van der Waals surface area contributed by atoms with Gasteiger partial charge in [-0.25, -0.2) is 0 Å². The zero-order valence-corrected chi connectivity index (χ0v) is 10.8. The van der Waals surface area contributed by atoms with Gasteiger partial charge in [0.15, 0.2) is 0 Å². The van der Waals surface area contributed by atoms with Crippen LogP contribution in [0.25, 0.3) is 0 Å². The van der Waals surface area contributed by atoms with E-state index in [1.165, 1.54) is 16.8 Å². The quantitative estimate of drug-likeness (QED) is 0.708. The molecule has 1 atom stereocenters. The van der Waals surface area contributed by atoms with Crippen molar-refractivity contribution >= 4 is 17.3 Å². The van der Waals surface area contributed by atoms with E-state index in [1.807, 2.05) is 0 Å². The number of rotatable bonds is 4. The Bertz CT molecular complexity index is 302. The summed E-state index contributed by atoms with van der Waals surface area (Å²) in [6, 6.07) is 6.63. The highest BCUT2D eigenvalue weighted by atomic mass is 35.5. The topological polar surface area (TPSA) is 3.24 Å². The van der Waals surface area contributed by atoms with Crippen molar-refractivity contribution in [2.24, 2.45) is 5.92 Å². The molecular formula is C13H20ClN. The van der Waals surface area contributed by atoms with Crippen molar-refractivity contribution in [1.82, 2.24) is 0 Å². The van der Waals surface area contributed by atoms with Gasteiger partial charge in [-0.15, -0.1) is 11.6 Å². The lowest BCUT2D eigenvalue weighted by atomic mass is 10.1. The molecular weight excluding hydrogens is 206 g/mol. The first-order chi connectivity index (χ1) is 7.02. The Hall–Kier alpha value is -0.690. The molecule has 0 aliphatic carbocycles. The molecule has 15 heavy (non-hydrogen) atoms. The fraction of sp³-hybridized carbons (Fsp3) is 0.538. The average molecular weight is 226 g/mol. The van der Waals surface area contributed by atoms with Crippen LogP contribution in [0.5, 0.6) is 0 Å². The minimum Gasteiger partial charge on any atom is -0.374 e. The molecule has 0 spiro atoms. The number of anilines is 1. The van der Waals surface area contributed by atoms with Crippen molar-refractivity contribution in [3.63, 3.8) is 0 Å². The van der Waals surface area contributed by atoms with Gasteiger partial charge in [-0.1, -0.05) is 13.0 Å². The molecule has 1 rings (SSSR count). The average Bonchev–Trinajstić information content (AvgIpc) is 2.16. The van der Waals surface area contributed by atoms with Gasteiger partial charge in [0, 0.05) is 25.2 Å². The summed E-state index contributed by atoms with van der Waals surface area (Å²) in [6.45, 7) is 7.45. The van der Waals surface area contributed by atoms with Crippen LogP contribution < -0.4 is 4.90 Å². The van der Waals surface area contributed by atoms with Crippen molar-refractivity contribution in [2.45, 2.75) is 20.8 Å². The van der Waals surface area contributed by atoms with Crippen LogP contribution in [-0.4, -0.2) is 19.5 Å². The number of nitrogens with zero attached hydrogens (tertiary/aromatic N) is 1. The summed E-state index contributed by atoms with van der Waals surface area (Å²) in [5, 5.41) is 0. The molecule has 0 amide bonds. The predicted molar refractivity (Wildman–Crippen MR) is 69.1 cm³/mol. The molecule has 84 valence electrons. The van der Waals surface area contributed by atoms with E-state index in [2.05, 4.69) is 50.9 Å². The largest absolute Gasteiger partial charge is 0.374 e. The van der Waals surface area contributed by atoms with Crippen LogP contribution in [0.1, 0.15) is 18.1 Å². The highest BCUT2D eigenvalue weighted by Gasteiger charge is 2.06. The van der Waals surface area contributed by atoms with Gasteiger partial charge in [-0.3, -0.25) is 0 Å². The van der Waals surface area contributed by atoms with Crippen LogP contribution in [0.4, 0.5) is 5.69 Å². The Balaban J connectivity index is 2.77. The molecule has 0 saturated carbocycles. The summed E-state index contributed by atoms with van der Waals surface area (Å²) in [5.41, 5.74) is 3.91. The van der Waals surface area contributed by atoms with Crippen LogP contribution >= 0.6 is 11.6 Å². The van der Waals surface area contributed by atoms with Crippen molar-refractivity contribution in [3.8, 4) is 0 Å². The maximum absolute atomic E-state index is 5.82. The fourth-order valence-corrected chi connectivity index (χ4v) is 1.89. The summed E-state index contributed by atoms with van der Waals surface area (Å²) >= 11 is 5.82. The molecule has 0 aliphatic heterocycles. The van der Waals surface area contributed by atoms with Gasteiger partial charge in [0.25, 0.3) is 0 Å². The molecule has 1 nitrogen and oxygen atoms in total. The van der Waals surface area contributed by atoms with Gasteiger partial charge in [0.1, 0.15) is 0 Å². The predicted octanol–water partition coefficient (Wildman–Crippen LogP) is 3.61. The Labute approximate surface area is 98.0 Å². The Morgan fingerprint density at radius 3 is 2.20 bits per heavy atom. The first-order valence-electron chi connectivity index (χ1n) is 5.38. The molecule has 0 bridgehead atoms. The third-order valence-corrected chi connectivity index (χ3v) is 3.02. The van der Waals surface area contributed by atoms with E-state index in [1.54, 1.807) is 0 Å². The maximum Gasteiger partial charge on any atom is 0.0369 e. The number of hydrogen-bond donors (Lipinski definition) is 0. The van der Waals surface area contributed by atoms with E-state index in [4.69, 9.17) is 11.6 Å². The molecule has 0 radical (unpaired) electrons. The lowest BCUT2D eigenvalue weighted by Gasteiger charge is -2.23. The highest BCUT2D eigenvalue weighted by Crippen LogP contribution is 2.18. The zero-order chi connectivity index (χ0) is 11.4.